The molecule has 22 heavy (non-hydrogen) atoms. The van der Waals surface area contributed by atoms with Crippen LogP contribution in [0.3, 0.4) is 0 Å². The third kappa shape index (κ3) is 3.55. The number of benzene rings is 2. The summed E-state index contributed by atoms with van der Waals surface area (Å²) < 4.78 is 32.8. The molecule has 2 aromatic carbocycles. The number of sulfonamides is 1. The van der Waals surface area contributed by atoms with Gasteiger partial charge in [-0.2, -0.15) is 0 Å². The van der Waals surface area contributed by atoms with Gasteiger partial charge in [0.15, 0.2) is 5.75 Å². The molecule has 0 aromatic heterocycles. The van der Waals surface area contributed by atoms with Crippen LogP contribution in [-0.4, -0.2) is 15.5 Å². The van der Waals surface area contributed by atoms with Crippen molar-refractivity contribution in [1.29, 1.82) is 0 Å². The number of rotatable bonds is 5. The molecule has 0 aliphatic carbocycles. The smallest absolute Gasteiger partial charge is 0.244 e. The molecule has 0 fully saturated rings. The minimum atomic E-state index is -3.81. The maximum Gasteiger partial charge on any atom is 0.244 e. The maximum absolute atomic E-state index is 12.6. The molecule has 0 saturated heterocycles. The van der Waals surface area contributed by atoms with E-state index >= 15 is 0 Å². The van der Waals surface area contributed by atoms with Gasteiger partial charge >= 0.3 is 0 Å². The van der Waals surface area contributed by atoms with Crippen LogP contribution in [0, 0.1) is 0 Å². The monoisotopic (exact) mass is 359 g/mol. The van der Waals surface area contributed by atoms with E-state index in [1.807, 2.05) is 30.3 Å². The van der Waals surface area contributed by atoms with Crippen molar-refractivity contribution < 1.29 is 13.2 Å². The Hall–Kier alpha value is -1.27. The molecule has 1 N–H and O–H groups in total. The van der Waals surface area contributed by atoms with Gasteiger partial charge in [0, 0.05) is 6.04 Å². The van der Waals surface area contributed by atoms with E-state index in [-0.39, 0.29) is 20.7 Å². The molecule has 0 heterocycles. The molecule has 0 amide bonds. The zero-order valence-corrected chi connectivity index (χ0v) is 14.3. The topological polar surface area (TPSA) is 55.4 Å². The zero-order valence-electron chi connectivity index (χ0n) is 12.0. The van der Waals surface area contributed by atoms with Crippen molar-refractivity contribution in [2.45, 2.75) is 17.9 Å². The van der Waals surface area contributed by atoms with Crippen molar-refractivity contribution in [2.75, 3.05) is 7.11 Å². The molecule has 7 heteroatoms. The van der Waals surface area contributed by atoms with Crippen molar-refractivity contribution in [1.82, 2.24) is 4.72 Å². The molecule has 1 unspecified atom stereocenters. The largest absolute Gasteiger partial charge is 0.494 e. The van der Waals surface area contributed by atoms with Crippen LogP contribution in [0.25, 0.3) is 0 Å². The van der Waals surface area contributed by atoms with Gasteiger partial charge in [-0.25, -0.2) is 13.1 Å². The fourth-order valence-corrected chi connectivity index (χ4v) is 3.87. The van der Waals surface area contributed by atoms with Crippen molar-refractivity contribution in [3.63, 3.8) is 0 Å². The van der Waals surface area contributed by atoms with Crippen LogP contribution in [0.5, 0.6) is 5.75 Å². The average molecular weight is 360 g/mol. The normalized spacial score (nSPS) is 12.9. The molecule has 2 aromatic rings. The molecule has 0 aliphatic rings. The van der Waals surface area contributed by atoms with Crippen LogP contribution >= 0.6 is 23.2 Å². The van der Waals surface area contributed by atoms with Gasteiger partial charge in [0.2, 0.25) is 10.0 Å². The van der Waals surface area contributed by atoms with E-state index in [2.05, 4.69) is 4.72 Å². The minimum absolute atomic E-state index is 0.0296. The molecule has 0 saturated carbocycles. The zero-order chi connectivity index (χ0) is 16.3. The van der Waals surface area contributed by atoms with Crippen LogP contribution < -0.4 is 9.46 Å². The first-order chi connectivity index (χ1) is 10.4. The Morgan fingerprint density at radius 2 is 1.73 bits per heavy atom. The summed E-state index contributed by atoms with van der Waals surface area (Å²) in [5, 5.41) is 0.299. The SMILES string of the molecule is COc1c(S(=O)(=O)NC(C)c2ccccc2)ccc(Cl)c1Cl. The van der Waals surface area contributed by atoms with Gasteiger partial charge in [-0.3, -0.25) is 0 Å². The van der Waals surface area contributed by atoms with Gasteiger partial charge in [0.05, 0.1) is 12.1 Å². The average Bonchev–Trinajstić information content (AvgIpc) is 2.50. The lowest BCUT2D eigenvalue weighted by atomic mass is 10.1. The van der Waals surface area contributed by atoms with Gasteiger partial charge in [0.25, 0.3) is 0 Å². The highest BCUT2D eigenvalue weighted by Crippen LogP contribution is 2.37. The van der Waals surface area contributed by atoms with Crippen molar-refractivity contribution in [2.24, 2.45) is 0 Å². The Balaban J connectivity index is 2.38. The highest BCUT2D eigenvalue weighted by atomic mass is 35.5. The molecule has 0 radical (unpaired) electrons. The third-order valence-electron chi connectivity index (χ3n) is 3.14. The number of halogens is 2. The Morgan fingerprint density at radius 3 is 2.32 bits per heavy atom. The second-order valence-electron chi connectivity index (χ2n) is 4.65. The predicted octanol–water partition coefficient (Wildman–Crippen LogP) is 4.04. The van der Waals surface area contributed by atoms with Gasteiger partial charge < -0.3 is 4.74 Å². The molecule has 118 valence electrons. The third-order valence-corrected chi connectivity index (χ3v) is 5.49. The molecule has 4 nitrogen and oxygen atoms in total. The molecule has 0 bridgehead atoms. The van der Waals surface area contributed by atoms with Gasteiger partial charge in [-0.1, -0.05) is 53.5 Å². The molecule has 0 aliphatic heterocycles. The van der Waals surface area contributed by atoms with E-state index in [9.17, 15) is 8.42 Å². The van der Waals surface area contributed by atoms with Gasteiger partial charge in [-0.05, 0) is 24.6 Å². The number of nitrogens with one attached hydrogen (secondary N) is 1. The fraction of sp³-hybridized carbons (Fsp3) is 0.200. The highest BCUT2D eigenvalue weighted by molar-refractivity contribution is 7.89. The summed E-state index contributed by atoms with van der Waals surface area (Å²) in [5.74, 6) is 0.0296. The van der Waals surface area contributed by atoms with Crippen molar-refractivity contribution in [3.8, 4) is 5.75 Å². The van der Waals surface area contributed by atoms with Crippen LogP contribution in [0.2, 0.25) is 10.0 Å². The van der Waals surface area contributed by atoms with Gasteiger partial charge in [-0.15, -0.1) is 0 Å². The van der Waals surface area contributed by atoms with Crippen molar-refractivity contribution >= 4 is 33.2 Å². The van der Waals surface area contributed by atoms with Crippen LogP contribution in [0.1, 0.15) is 18.5 Å². The first-order valence-corrected chi connectivity index (χ1v) is 8.70. The highest BCUT2D eigenvalue weighted by Gasteiger charge is 2.25. The number of hydrogen-bond donors (Lipinski definition) is 1. The second kappa shape index (κ2) is 6.87. The predicted molar refractivity (Wildman–Crippen MR) is 88.2 cm³/mol. The van der Waals surface area contributed by atoms with E-state index in [1.165, 1.54) is 19.2 Å². The summed E-state index contributed by atoms with van der Waals surface area (Å²) in [6.45, 7) is 1.76. The molecular weight excluding hydrogens is 345 g/mol. The first kappa shape index (κ1) is 17.1. The van der Waals surface area contributed by atoms with E-state index in [0.717, 1.165) is 5.56 Å². The number of ether oxygens (including phenoxy) is 1. The molecule has 2 rings (SSSR count). The lowest BCUT2D eigenvalue weighted by Gasteiger charge is -2.17. The molecular formula is C15H15Cl2NO3S. The van der Waals surface area contributed by atoms with E-state index < -0.39 is 16.1 Å². The van der Waals surface area contributed by atoms with E-state index in [0.29, 0.717) is 0 Å². The lowest BCUT2D eigenvalue weighted by Crippen LogP contribution is -2.27. The summed E-state index contributed by atoms with van der Waals surface area (Å²) >= 11 is 11.9. The quantitative estimate of drug-likeness (QED) is 0.876. The molecule has 0 spiro atoms. The first-order valence-electron chi connectivity index (χ1n) is 6.46. The number of hydrogen-bond acceptors (Lipinski definition) is 3. The summed E-state index contributed by atoms with van der Waals surface area (Å²) in [6, 6.07) is 11.7. The van der Waals surface area contributed by atoms with Crippen LogP contribution in [0.15, 0.2) is 47.4 Å². The molecule has 1 atom stereocenters. The lowest BCUT2D eigenvalue weighted by molar-refractivity contribution is 0.402. The summed E-state index contributed by atoms with van der Waals surface area (Å²) in [5.41, 5.74) is 0.852. The number of methoxy groups -OCH3 is 1. The van der Waals surface area contributed by atoms with Crippen molar-refractivity contribution in [3.05, 3.63) is 58.1 Å². The Morgan fingerprint density at radius 1 is 1.09 bits per heavy atom. The van der Waals surface area contributed by atoms with Crippen LogP contribution in [-0.2, 0) is 10.0 Å². The Kier molecular flexibility index (Phi) is 5.34. The van der Waals surface area contributed by atoms with Crippen LogP contribution in [0.4, 0.5) is 0 Å². The second-order valence-corrected chi connectivity index (χ2v) is 7.11. The minimum Gasteiger partial charge on any atom is -0.494 e. The van der Waals surface area contributed by atoms with E-state index in [4.69, 9.17) is 27.9 Å². The summed E-state index contributed by atoms with van der Waals surface area (Å²) in [7, 11) is -2.46. The fourth-order valence-electron chi connectivity index (χ4n) is 2.02. The van der Waals surface area contributed by atoms with Gasteiger partial charge in [0.1, 0.15) is 9.92 Å². The summed E-state index contributed by atoms with van der Waals surface area (Å²) in [4.78, 5) is -0.0489. The Labute approximate surface area is 140 Å². The van der Waals surface area contributed by atoms with E-state index in [1.54, 1.807) is 6.92 Å². The Bertz CT molecular complexity index is 764. The summed E-state index contributed by atoms with van der Waals surface area (Å²) in [6.07, 6.45) is 0. The maximum atomic E-state index is 12.6. The standard InChI is InChI=1S/C15H15Cl2NO3S/c1-10(11-6-4-3-5-7-11)18-22(19,20)13-9-8-12(16)14(17)15(13)21-2/h3-10,18H,1-2H3.